The summed E-state index contributed by atoms with van der Waals surface area (Å²) in [5.41, 5.74) is -0.224. The number of rotatable bonds is 3. The van der Waals surface area contributed by atoms with Crippen LogP contribution >= 0.6 is 15.9 Å². The van der Waals surface area contributed by atoms with Crippen molar-refractivity contribution in [1.29, 1.82) is 0 Å². The van der Waals surface area contributed by atoms with Crippen molar-refractivity contribution in [2.24, 2.45) is 0 Å². The minimum absolute atomic E-state index is 0.0883. The van der Waals surface area contributed by atoms with Crippen LogP contribution in [0.2, 0.25) is 0 Å². The molecule has 0 aromatic carbocycles. The highest BCUT2D eigenvalue weighted by Crippen LogP contribution is 2.20. The van der Waals surface area contributed by atoms with Crippen LogP contribution < -0.4 is 0 Å². The van der Waals surface area contributed by atoms with E-state index in [-0.39, 0.29) is 10.9 Å². The predicted molar refractivity (Wildman–Crippen MR) is 48.9 cm³/mol. The monoisotopic (exact) mass is 267 g/mol. The second-order valence-corrected chi connectivity index (χ2v) is 3.33. The van der Waals surface area contributed by atoms with E-state index < -0.39 is 24.1 Å². The quantitative estimate of drug-likeness (QED) is 0.638. The molecule has 1 aromatic rings. The molecule has 2 unspecified atom stereocenters. The smallest absolute Gasteiger partial charge is 0.221 e. The van der Waals surface area contributed by atoms with Crippen LogP contribution in [0.1, 0.15) is 11.7 Å². The molecule has 6 heteroatoms. The molecule has 2 N–H and O–H groups in total. The molecule has 14 heavy (non-hydrogen) atoms. The molecule has 1 aromatic heterocycles. The Kier molecular flexibility index (Phi) is 3.91. The number of hydrogen-bond acceptors (Lipinski definition) is 3. The fraction of sp³-hybridized carbons (Fsp3) is 0.375. The van der Waals surface area contributed by atoms with Gasteiger partial charge in [0.05, 0.1) is 6.10 Å². The van der Waals surface area contributed by atoms with Gasteiger partial charge in [0.25, 0.3) is 0 Å². The Bertz CT molecular complexity index is 324. The summed E-state index contributed by atoms with van der Waals surface area (Å²) in [5, 5.41) is 18.7. The van der Waals surface area contributed by atoms with Gasteiger partial charge >= 0.3 is 0 Å². The van der Waals surface area contributed by atoms with Crippen molar-refractivity contribution in [3.05, 3.63) is 29.6 Å². The number of alkyl halides is 1. The van der Waals surface area contributed by atoms with Gasteiger partial charge in [-0.1, -0.05) is 15.9 Å². The molecule has 3 nitrogen and oxygen atoms in total. The van der Waals surface area contributed by atoms with Gasteiger partial charge in [-0.25, -0.2) is 0 Å². The first-order valence-electron chi connectivity index (χ1n) is 3.80. The fourth-order valence-electron chi connectivity index (χ4n) is 0.935. The number of pyridine rings is 1. The highest BCUT2D eigenvalue weighted by atomic mass is 79.9. The summed E-state index contributed by atoms with van der Waals surface area (Å²) >= 11 is 2.92. The topological polar surface area (TPSA) is 53.4 Å². The second kappa shape index (κ2) is 4.77. The van der Waals surface area contributed by atoms with Crippen LogP contribution in [0, 0.1) is 11.9 Å². The summed E-state index contributed by atoms with van der Waals surface area (Å²) in [6.07, 6.45) is -2.57. The Morgan fingerprint density at radius 1 is 1.36 bits per heavy atom. The molecule has 0 aliphatic heterocycles. The molecule has 0 radical (unpaired) electrons. The van der Waals surface area contributed by atoms with Gasteiger partial charge in [-0.05, 0) is 12.1 Å². The van der Waals surface area contributed by atoms with Crippen LogP contribution in [0.15, 0.2) is 12.1 Å². The van der Waals surface area contributed by atoms with E-state index in [9.17, 15) is 19.0 Å². The van der Waals surface area contributed by atoms with Gasteiger partial charge in [0, 0.05) is 10.9 Å². The van der Waals surface area contributed by atoms with E-state index in [0.717, 1.165) is 12.1 Å². The van der Waals surface area contributed by atoms with Gasteiger partial charge in [0.1, 0.15) is 6.10 Å². The van der Waals surface area contributed by atoms with Crippen LogP contribution in [-0.4, -0.2) is 26.6 Å². The van der Waals surface area contributed by atoms with E-state index in [4.69, 9.17) is 0 Å². The zero-order valence-corrected chi connectivity index (χ0v) is 8.58. The van der Waals surface area contributed by atoms with Crippen LogP contribution in [0.25, 0.3) is 0 Å². The summed E-state index contributed by atoms with van der Waals surface area (Å²) in [5.74, 6) is -2.08. The number of aliphatic hydroxyl groups is 2. The molecule has 0 fully saturated rings. The zero-order valence-electron chi connectivity index (χ0n) is 6.99. The Hall–Kier alpha value is -0.590. The van der Waals surface area contributed by atoms with E-state index in [2.05, 4.69) is 20.9 Å². The molecule has 0 aliphatic rings. The van der Waals surface area contributed by atoms with Crippen LogP contribution in [0.3, 0.4) is 0 Å². The molecule has 0 aliphatic carbocycles. The number of nitrogens with zero attached hydrogens (tertiary/aromatic N) is 1. The van der Waals surface area contributed by atoms with Gasteiger partial charge < -0.3 is 10.2 Å². The van der Waals surface area contributed by atoms with Crippen molar-refractivity contribution in [1.82, 2.24) is 4.98 Å². The number of aromatic nitrogens is 1. The van der Waals surface area contributed by atoms with E-state index in [1.807, 2.05) is 0 Å². The Labute approximate surface area is 87.5 Å². The highest BCUT2D eigenvalue weighted by molar-refractivity contribution is 9.09. The van der Waals surface area contributed by atoms with Crippen molar-refractivity contribution in [3.8, 4) is 0 Å². The third-order valence-electron chi connectivity index (χ3n) is 1.68. The lowest BCUT2D eigenvalue weighted by Gasteiger charge is -2.15. The third-order valence-corrected chi connectivity index (χ3v) is 2.35. The lowest BCUT2D eigenvalue weighted by Crippen LogP contribution is -2.21. The molecule has 78 valence electrons. The SMILES string of the molecule is OC(CBr)C(O)c1ccc(F)nc1F. The summed E-state index contributed by atoms with van der Waals surface area (Å²) in [7, 11) is 0. The van der Waals surface area contributed by atoms with Crippen LogP contribution in [0.4, 0.5) is 8.78 Å². The van der Waals surface area contributed by atoms with Crippen LogP contribution in [0.5, 0.6) is 0 Å². The summed E-state index contributed by atoms with van der Waals surface area (Å²) in [6.45, 7) is 0. The van der Waals surface area contributed by atoms with Gasteiger partial charge in [-0.3, -0.25) is 0 Å². The minimum atomic E-state index is -1.41. The fourth-order valence-corrected chi connectivity index (χ4v) is 1.29. The maximum atomic E-state index is 13.0. The average molecular weight is 268 g/mol. The normalized spacial score (nSPS) is 15.2. The maximum absolute atomic E-state index is 13.0. The standard InChI is InChI=1S/C8H8BrF2NO2/c9-3-5(13)7(14)4-1-2-6(10)12-8(4)11/h1-2,5,7,13-14H,3H2. The number of hydrogen-bond donors (Lipinski definition) is 2. The highest BCUT2D eigenvalue weighted by Gasteiger charge is 2.21. The van der Waals surface area contributed by atoms with Gasteiger partial charge in [-0.2, -0.15) is 13.8 Å². The second-order valence-electron chi connectivity index (χ2n) is 2.68. The molecule has 0 amide bonds. The van der Waals surface area contributed by atoms with Crippen LogP contribution in [-0.2, 0) is 0 Å². The first kappa shape index (κ1) is 11.5. The van der Waals surface area contributed by atoms with E-state index in [1.165, 1.54) is 0 Å². The van der Waals surface area contributed by atoms with Gasteiger partial charge in [-0.15, -0.1) is 0 Å². The summed E-state index contributed by atoms with van der Waals surface area (Å²) in [6, 6.07) is 1.97. The van der Waals surface area contributed by atoms with Crippen molar-refractivity contribution >= 4 is 15.9 Å². The number of aliphatic hydroxyl groups excluding tert-OH is 2. The summed E-state index contributed by atoms with van der Waals surface area (Å²) < 4.78 is 25.3. The third kappa shape index (κ3) is 2.46. The van der Waals surface area contributed by atoms with Gasteiger partial charge in [0.2, 0.25) is 11.9 Å². The first-order valence-corrected chi connectivity index (χ1v) is 4.92. The molecular formula is C8H8BrF2NO2. The molecule has 0 spiro atoms. The lowest BCUT2D eigenvalue weighted by atomic mass is 10.1. The largest absolute Gasteiger partial charge is 0.389 e. The first-order chi connectivity index (χ1) is 6.56. The average Bonchev–Trinajstić information content (AvgIpc) is 2.15. The molecule has 0 saturated carbocycles. The van der Waals surface area contributed by atoms with Crippen molar-refractivity contribution in [3.63, 3.8) is 0 Å². The van der Waals surface area contributed by atoms with E-state index in [0.29, 0.717) is 0 Å². The minimum Gasteiger partial charge on any atom is -0.389 e. The molecular weight excluding hydrogens is 260 g/mol. The predicted octanol–water partition coefficient (Wildman–Crippen LogP) is 1.15. The Balaban J connectivity index is 2.95. The molecule has 1 rings (SSSR count). The van der Waals surface area contributed by atoms with E-state index >= 15 is 0 Å². The van der Waals surface area contributed by atoms with Crippen molar-refractivity contribution < 1.29 is 19.0 Å². The molecule has 2 atom stereocenters. The zero-order chi connectivity index (χ0) is 10.7. The number of halogens is 3. The Morgan fingerprint density at radius 3 is 2.50 bits per heavy atom. The van der Waals surface area contributed by atoms with Gasteiger partial charge in [0.15, 0.2) is 0 Å². The lowest BCUT2D eigenvalue weighted by molar-refractivity contribution is 0.0313. The Morgan fingerprint density at radius 2 is 2.00 bits per heavy atom. The molecule has 0 bridgehead atoms. The summed E-state index contributed by atoms with van der Waals surface area (Å²) in [4.78, 5) is 2.89. The van der Waals surface area contributed by atoms with Crippen molar-refractivity contribution in [2.75, 3.05) is 5.33 Å². The van der Waals surface area contributed by atoms with Crippen molar-refractivity contribution in [2.45, 2.75) is 12.2 Å². The molecule has 0 saturated heterocycles. The molecule has 1 heterocycles. The van der Waals surface area contributed by atoms with E-state index in [1.54, 1.807) is 0 Å². The maximum Gasteiger partial charge on any atom is 0.221 e.